The zero-order chi connectivity index (χ0) is 9.38. The first-order valence-electron chi connectivity index (χ1n) is 6.29. The first-order valence-corrected chi connectivity index (χ1v) is 6.29. The third-order valence-corrected chi connectivity index (χ3v) is 4.27. The Morgan fingerprint density at radius 3 is 2.86 bits per heavy atom. The van der Waals surface area contributed by atoms with Crippen molar-refractivity contribution in [1.82, 2.24) is 4.90 Å². The van der Waals surface area contributed by atoms with Crippen LogP contribution in [0.1, 0.15) is 38.5 Å². The normalized spacial score (nSPS) is 42.4. The van der Waals surface area contributed by atoms with Gasteiger partial charge in [0.05, 0.1) is 12.7 Å². The quantitative estimate of drug-likeness (QED) is 0.640. The fourth-order valence-corrected chi connectivity index (χ4v) is 3.33. The molecule has 1 unspecified atom stereocenters. The second-order valence-corrected chi connectivity index (χ2v) is 5.18. The minimum absolute atomic E-state index is 0.623. The van der Waals surface area contributed by atoms with Crippen molar-refractivity contribution in [1.29, 1.82) is 0 Å². The van der Waals surface area contributed by atoms with Crippen molar-refractivity contribution in [2.75, 3.05) is 19.7 Å². The summed E-state index contributed by atoms with van der Waals surface area (Å²) in [6.07, 6.45) is 9.30. The van der Waals surface area contributed by atoms with E-state index in [1.165, 1.54) is 51.6 Å². The van der Waals surface area contributed by atoms with Crippen LogP contribution >= 0.6 is 0 Å². The molecule has 3 atom stereocenters. The van der Waals surface area contributed by atoms with Crippen LogP contribution in [0, 0.1) is 5.92 Å². The summed E-state index contributed by atoms with van der Waals surface area (Å²) < 4.78 is 5.28. The van der Waals surface area contributed by atoms with Gasteiger partial charge in [0.25, 0.3) is 0 Å². The molecule has 3 fully saturated rings. The van der Waals surface area contributed by atoms with Crippen LogP contribution in [0.2, 0.25) is 0 Å². The molecule has 3 aliphatic rings. The summed E-state index contributed by atoms with van der Waals surface area (Å²) in [5, 5.41) is 0. The van der Waals surface area contributed by atoms with E-state index in [-0.39, 0.29) is 0 Å². The Morgan fingerprint density at radius 2 is 2.00 bits per heavy atom. The van der Waals surface area contributed by atoms with Gasteiger partial charge in [-0.3, -0.25) is 0 Å². The van der Waals surface area contributed by atoms with Crippen LogP contribution in [0.4, 0.5) is 0 Å². The van der Waals surface area contributed by atoms with Crippen LogP contribution in [0.3, 0.4) is 0 Å². The second-order valence-electron chi connectivity index (χ2n) is 5.18. The topological polar surface area (TPSA) is 15.8 Å². The number of hydrogen-bond acceptors (Lipinski definition) is 2. The predicted octanol–water partition coefficient (Wildman–Crippen LogP) is 2.04. The number of nitrogens with zero attached hydrogens (tertiary/aromatic N) is 1. The minimum atomic E-state index is 0.623. The Hall–Kier alpha value is -0.0800. The fourth-order valence-electron chi connectivity index (χ4n) is 3.33. The van der Waals surface area contributed by atoms with E-state index in [9.17, 15) is 0 Å². The smallest absolute Gasteiger partial charge is 0.0822 e. The summed E-state index contributed by atoms with van der Waals surface area (Å²) >= 11 is 0. The van der Waals surface area contributed by atoms with Gasteiger partial charge in [-0.15, -0.1) is 0 Å². The van der Waals surface area contributed by atoms with Gasteiger partial charge in [0.15, 0.2) is 0 Å². The van der Waals surface area contributed by atoms with Crippen LogP contribution in [-0.2, 0) is 4.74 Å². The summed E-state index contributed by atoms with van der Waals surface area (Å²) in [6, 6.07) is 0.947. The maximum absolute atomic E-state index is 5.28. The summed E-state index contributed by atoms with van der Waals surface area (Å²) in [5.74, 6) is 1.05. The van der Waals surface area contributed by atoms with Crippen molar-refractivity contribution in [2.24, 2.45) is 5.92 Å². The highest BCUT2D eigenvalue weighted by Gasteiger charge is 2.36. The van der Waals surface area contributed by atoms with Crippen molar-refractivity contribution in [2.45, 2.75) is 50.7 Å². The highest BCUT2D eigenvalue weighted by Crippen LogP contribution is 2.36. The van der Waals surface area contributed by atoms with E-state index in [1.807, 2.05) is 0 Å². The predicted molar refractivity (Wildman–Crippen MR) is 56.3 cm³/mol. The lowest BCUT2D eigenvalue weighted by molar-refractivity contribution is 0.176. The Bertz CT molecular complexity index is 202. The van der Waals surface area contributed by atoms with E-state index in [1.54, 1.807) is 0 Å². The number of rotatable bonds is 3. The summed E-state index contributed by atoms with van der Waals surface area (Å²) in [6.45, 7) is 3.69. The van der Waals surface area contributed by atoms with Crippen molar-refractivity contribution >= 4 is 0 Å². The van der Waals surface area contributed by atoms with Crippen LogP contribution < -0.4 is 0 Å². The number of likely N-dealkylation sites (tertiary alicyclic amines) is 1. The van der Waals surface area contributed by atoms with Gasteiger partial charge >= 0.3 is 0 Å². The Balaban J connectivity index is 1.52. The maximum atomic E-state index is 5.28. The molecule has 2 aliphatic heterocycles. The third kappa shape index (κ3) is 1.82. The molecule has 0 aromatic heterocycles. The van der Waals surface area contributed by atoms with E-state index >= 15 is 0 Å². The third-order valence-electron chi connectivity index (χ3n) is 4.27. The van der Waals surface area contributed by atoms with Gasteiger partial charge in [0, 0.05) is 12.6 Å². The van der Waals surface area contributed by atoms with E-state index < -0.39 is 0 Å². The summed E-state index contributed by atoms with van der Waals surface area (Å²) in [5.41, 5.74) is 0. The number of ether oxygens (including phenoxy) is 1. The van der Waals surface area contributed by atoms with Gasteiger partial charge in [-0.2, -0.15) is 0 Å². The molecular formula is C12H21NO. The Kier molecular flexibility index (Phi) is 2.50. The fraction of sp³-hybridized carbons (Fsp3) is 1.00. The van der Waals surface area contributed by atoms with E-state index in [0.29, 0.717) is 6.10 Å². The van der Waals surface area contributed by atoms with Crippen LogP contribution in [0.15, 0.2) is 0 Å². The van der Waals surface area contributed by atoms with Gasteiger partial charge in [0.1, 0.15) is 0 Å². The Morgan fingerprint density at radius 1 is 1.14 bits per heavy atom. The highest BCUT2D eigenvalue weighted by atomic mass is 16.6. The standard InChI is InChI=1S/C12H21NO/c1-2-4-12-10(3-1)5-7-13(12)8-6-11-9-14-11/h10-12H,1-9H2/t10-,11?,12-/m0/s1. The van der Waals surface area contributed by atoms with Gasteiger partial charge in [-0.25, -0.2) is 0 Å². The molecule has 1 aliphatic carbocycles. The highest BCUT2D eigenvalue weighted by molar-refractivity contribution is 4.90. The van der Waals surface area contributed by atoms with Crippen molar-refractivity contribution in [3.63, 3.8) is 0 Å². The molecule has 0 bridgehead atoms. The average Bonchev–Trinajstić information content (AvgIpc) is 2.96. The van der Waals surface area contributed by atoms with Crippen molar-refractivity contribution in [3.05, 3.63) is 0 Å². The molecular weight excluding hydrogens is 174 g/mol. The average molecular weight is 195 g/mol. The number of fused-ring (bicyclic) bond motifs is 1. The van der Waals surface area contributed by atoms with Gasteiger partial charge < -0.3 is 9.64 Å². The molecule has 3 rings (SSSR count). The zero-order valence-electron chi connectivity index (χ0n) is 8.95. The van der Waals surface area contributed by atoms with Crippen LogP contribution in [0.5, 0.6) is 0 Å². The SMILES string of the molecule is C1CC[C@H]2[C@@H](C1)CCN2CCC1CO1. The van der Waals surface area contributed by atoms with E-state index in [0.717, 1.165) is 18.6 Å². The molecule has 14 heavy (non-hydrogen) atoms. The maximum Gasteiger partial charge on any atom is 0.0822 e. The van der Waals surface area contributed by atoms with Crippen molar-refractivity contribution in [3.8, 4) is 0 Å². The molecule has 1 saturated carbocycles. The molecule has 0 spiro atoms. The lowest BCUT2D eigenvalue weighted by atomic mass is 9.85. The molecule has 2 heteroatoms. The van der Waals surface area contributed by atoms with Crippen LogP contribution in [0.25, 0.3) is 0 Å². The van der Waals surface area contributed by atoms with Gasteiger partial charge in [-0.1, -0.05) is 12.8 Å². The number of epoxide rings is 1. The van der Waals surface area contributed by atoms with Gasteiger partial charge in [0.2, 0.25) is 0 Å². The second kappa shape index (κ2) is 3.82. The molecule has 80 valence electrons. The number of hydrogen-bond donors (Lipinski definition) is 0. The van der Waals surface area contributed by atoms with E-state index in [4.69, 9.17) is 4.74 Å². The molecule has 0 aromatic carbocycles. The largest absolute Gasteiger partial charge is 0.373 e. The van der Waals surface area contributed by atoms with Gasteiger partial charge in [-0.05, 0) is 38.1 Å². The summed E-state index contributed by atoms with van der Waals surface area (Å²) in [7, 11) is 0. The molecule has 2 heterocycles. The zero-order valence-corrected chi connectivity index (χ0v) is 8.95. The van der Waals surface area contributed by atoms with Crippen molar-refractivity contribution < 1.29 is 4.74 Å². The molecule has 0 aromatic rings. The molecule has 0 radical (unpaired) electrons. The van der Waals surface area contributed by atoms with E-state index in [2.05, 4.69) is 4.90 Å². The van der Waals surface area contributed by atoms with Crippen LogP contribution in [-0.4, -0.2) is 36.7 Å². The molecule has 0 N–H and O–H groups in total. The molecule has 2 saturated heterocycles. The molecule has 0 amide bonds. The molecule has 2 nitrogen and oxygen atoms in total. The summed E-state index contributed by atoms with van der Waals surface area (Å²) in [4.78, 5) is 2.74. The lowest BCUT2D eigenvalue weighted by Crippen LogP contribution is -2.35. The monoisotopic (exact) mass is 195 g/mol. The lowest BCUT2D eigenvalue weighted by Gasteiger charge is -2.31. The first kappa shape index (κ1) is 9.17. The first-order chi connectivity index (χ1) is 6.93. The minimum Gasteiger partial charge on any atom is -0.373 e. The Labute approximate surface area is 86.6 Å².